The summed E-state index contributed by atoms with van der Waals surface area (Å²) < 4.78 is 82.4. The molecule has 2 N–H and O–H groups in total. The fourth-order valence-electron chi connectivity index (χ4n) is 2.59. The van der Waals surface area contributed by atoms with Gasteiger partial charge in [0, 0.05) is 0 Å². The lowest BCUT2D eigenvalue weighted by atomic mass is 10.0. The number of esters is 1. The van der Waals surface area contributed by atoms with Gasteiger partial charge in [0.2, 0.25) is 34.8 Å². The highest BCUT2D eigenvalue weighted by molar-refractivity contribution is 7.50. The van der Waals surface area contributed by atoms with E-state index in [1.54, 1.807) is 0 Å². The van der Waals surface area contributed by atoms with E-state index in [0.717, 1.165) is 0 Å². The number of benzene rings is 3. The molecule has 11 heteroatoms. The predicted octanol–water partition coefficient (Wildman–Crippen LogP) is 4.43. The highest BCUT2D eigenvalue weighted by Gasteiger charge is 2.29. The second-order valence-electron chi connectivity index (χ2n) is 6.01. The molecule has 0 aliphatic carbocycles. The molecule has 3 aromatic carbocycles. The third-order valence-electron chi connectivity index (χ3n) is 3.89. The van der Waals surface area contributed by atoms with Gasteiger partial charge in [-0.25, -0.2) is 18.0 Å². The van der Waals surface area contributed by atoms with Crippen LogP contribution >= 0.6 is 7.60 Å². The van der Waals surface area contributed by atoms with Crippen molar-refractivity contribution >= 4 is 24.3 Å². The Morgan fingerprint density at radius 1 is 0.828 bits per heavy atom. The molecule has 0 aromatic heterocycles. The Kier molecular flexibility index (Phi) is 5.44. The molecule has 5 nitrogen and oxygen atoms in total. The van der Waals surface area contributed by atoms with E-state index in [0.29, 0.717) is 10.8 Å². The quantitative estimate of drug-likeness (QED) is 0.159. The molecule has 3 rings (SSSR count). The summed E-state index contributed by atoms with van der Waals surface area (Å²) in [6, 6.07) is 8.16. The first kappa shape index (κ1) is 20.9. The molecule has 0 atom stereocenters. The van der Waals surface area contributed by atoms with Gasteiger partial charge in [-0.1, -0.05) is 24.3 Å². The van der Waals surface area contributed by atoms with Crippen molar-refractivity contribution in [1.29, 1.82) is 0 Å². The maximum atomic E-state index is 13.7. The molecule has 152 valence electrons. The number of carbonyl (C=O) groups excluding carboxylic acids is 1. The van der Waals surface area contributed by atoms with E-state index in [1.807, 2.05) is 0 Å². The average molecular weight is 432 g/mol. The average Bonchev–Trinajstić information content (AvgIpc) is 2.66. The summed E-state index contributed by atoms with van der Waals surface area (Å²) >= 11 is 0. The van der Waals surface area contributed by atoms with Crippen LogP contribution in [0, 0.1) is 29.1 Å². The predicted molar refractivity (Wildman–Crippen MR) is 90.9 cm³/mol. The van der Waals surface area contributed by atoms with Crippen LogP contribution in [0.3, 0.4) is 0 Å². The van der Waals surface area contributed by atoms with E-state index in [1.165, 1.54) is 36.4 Å². The molecule has 0 heterocycles. The lowest BCUT2D eigenvalue weighted by molar-refractivity contribution is 0.0716. The summed E-state index contributed by atoms with van der Waals surface area (Å²) in [7, 11) is -4.34. The van der Waals surface area contributed by atoms with Crippen molar-refractivity contribution in [3.63, 3.8) is 0 Å². The molecule has 0 saturated heterocycles. The van der Waals surface area contributed by atoms with E-state index < -0.39 is 54.6 Å². The molecular weight excluding hydrogens is 422 g/mol. The molecule has 0 aliphatic rings. The molecule has 0 unspecified atom stereocenters. The second-order valence-corrected chi connectivity index (χ2v) is 7.65. The van der Waals surface area contributed by atoms with Crippen molar-refractivity contribution in [2.45, 2.75) is 6.16 Å². The van der Waals surface area contributed by atoms with E-state index in [4.69, 9.17) is 9.79 Å². The summed E-state index contributed by atoms with van der Waals surface area (Å²) in [4.78, 5) is 30.3. The van der Waals surface area contributed by atoms with Gasteiger partial charge in [0.05, 0.1) is 11.7 Å². The van der Waals surface area contributed by atoms with Crippen LogP contribution in [-0.4, -0.2) is 15.8 Å². The third kappa shape index (κ3) is 4.29. The lowest BCUT2D eigenvalue weighted by Gasteiger charge is -2.10. The number of halogens is 5. The lowest BCUT2D eigenvalue weighted by Crippen LogP contribution is -2.13. The van der Waals surface area contributed by atoms with Crippen molar-refractivity contribution in [3.05, 3.63) is 76.6 Å². The molecule has 29 heavy (non-hydrogen) atoms. The van der Waals surface area contributed by atoms with E-state index in [2.05, 4.69) is 4.74 Å². The third-order valence-corrected chi connectivity index (χ3v) is 4.67. The first-order valence-corrected chi connectivity index (χ1v) is 9.58. The molecular formula is C18H10F5O5P. The van der Waals surface area contributed by atoms with Gasteiger partial charge in [-0.15, -0.1) is 0 Å². The monoisotopic (exact) mass is 432 g/mol. The first-order chi connectivity index (χ1) is 13.5. The minimum absolute atomic E-state index is 0.260. The Morgan fingerprint density at radius 2 is 1.38 bits per heavy atom. The number of fused-ring (bicyclic) bond motifs is 1. The van der Waals surface area contributed by atoms with Gasteiger partial charge in [-0.2, -0.15) is 8.78 Å². The number of carbonyl (C=O) groups is 1. The molecule has 0 bridgehead atoms. The van der Waals surface area contributed by atoms with Crippen LogP contribution in [0.4, 0.5) is 22.0 Å². The fraction of sp³-hybridized carbons (Fsp3) is 0.0556. The van der Waals surface area contributed by atoms with Gasteiger partial charge < -0.3 is 14.5 Å². The fourth-order valence-corrected chi connectivity index (χ4v) is 3.26. The van der Waals surface area contributed by atoms with Crippen LogP contribution < -0.4 is 4.74 Å². The van der Waals surface area contributed by atoms with Crippen molar-refractivity contribution in [1.82, 2.24) is 0 Å². The molecule has 0 aliphatic heterocycles. The largest absolute Gasteiger partial charge is 0.416 e. The van der Waals surface area contributed by atoms with Gasteiger partial charge in [0.15, 0.2) is 0 Å². The molecule has 0 saturated carbocycles. The Morgan fingerprint density at radius 3 is 1.97 bits per heavy atom. The zero-order valence-corrected chi connectivity index (χ0v) is 15.0. The number of hydrogen-bond acceptors (Lipinski definition) is 3. The van der Waals surface area contributed by atoms with Crippen LogP contribution in [0.15, 0.2) is 36.4 Å². The molecule has 0 fully saturated rings. The van der Waals surface area contributed by atoms with Gasteiger partial charge in [-0.05, 0) is 28.5 Å². The Balaban J connectivity index is 1.97. The zero-order valence-electron chi connectivity index (χ0n) is 14.1. The summed E-state index contributed by atoms with van der Waals surface area (Å²) in [6.45, 7) is 0. The van der Waals surface area contributed by atoms with Crippen molar-refractivity contribution in [3.8, 4) is 5.75 Å². The molecule has 0 radical (unpaired) electrons. The van der Waals surface area contributed by atoms with Crippen LogP contribution in [0.5, 0.6) is 5.75 Å². The summed E-state index contributed by atoms with van der Waals surface area (Å²) in [5, 5.41) is 0.898. The Labute approximate surface area is 159 Å². The number of ether oxygens (including phenoxy) is 1. The second kappa shape index (κ2) is 7.55. The number of hydrogen-bond donors (Lipinski definition) is 2. The maximum absolute atomic E-state index is 13.7. The number of rotatable bonds is 4. The van der Waals surface area contributed by atoms with Gasteiger partial charge in [0.1, 0.15) is 0 Å². The first-order valence-electron chi connectivity index (χ1n) is 7.79. The van der Waals surface area contributed by atoms with E-state index >= 15 is 0 Å². The van der Waals surface area contributed by atoms with Crippen LogP contribution in [0.1, 0.15) is 15.9 Å². The molecule has 0 amide bonds. The van der Waals surface area contributed by atoms with E-state index in [-0.39, 0.29) is 11.1 Å². The minimum Gasteiger partial charge on any atom is -0.416 e. The van der Waals surface area contributed by atoms with Crippen molar-refractivity contribution < 1.29 is 45.8 Å². The maximum Gasteiger partial charge on any atom is 0.343 e. The molecule has 3 aromatic rings. The highest BCUT2D eigenvalue weighted by atomic mass is 31.2. The summed E-state index contributed by atoms with van der Waals surface area (Å²) in [5.41, 5.74) is -0.0223. The Bertz CT molecular complexity index is 1160. The van der Waals surface area contributed by atoms with Gasteiger partial charge >= 0.3 is 13.6 Å². The Hall–Kier alpha value is -2.81. The smallest absolute Gasteiger partial charge is 0.343 e. The summed E-state index contributed by atoms with van der Waals surface area (Å²) in [6.07, 6.45) is -0.553. The minimum atomic E-state index is -4.34. The normalized spacial score (nSPS) is 11.7. The van der Waals surface area contributed by atoms with Crippen LogP contribution in [-0.2, 0) is 10.7 Å². The highest BCUT2D eigenvalue weighted by Crippen LogP contribution is 2.39. The standard InChI is InChI=1S/C18H10F5O5P/c19-12-13(20)15(22)17(16(23)14(12)21)28-18(24)10-4-3-9-2-1-8(5-11(9)6-10)7-29(25,26)27/h1-6H,7H2,(H2,25,26,27). The molecule has 0 spiro atoms. The zero-order chi connectivity index (χ0) is 21.5. The topological polar surface area (TPSA) is 83.8 Å². The van der Waals surface area contributed by atoms with Crippen LogP contribution in [0.2, 0.25) is 0 Å². The summed E-state index contributed by atoms with van der Waals surface area (Å²) in [5.74, 6) is -14.6. The van der Waals surface area contributed by atoms with E-state index in [9.17, 15) is 31.3 Å². The van der Waals surface area contributed by atoms with Crippen LogP contribution in [0.25, 0.3) is 10.8 Å². The van der Waals surface area contributed by atoms with Crippen molar-refractivity contribution in [2.24, 2.45) is 0 Å². The van der Waals surface area contributed by atoms with Crippen molar-refractivity contribution in [2.75, 3.05) is 0 Å². The van der Waals surface area contributed by atoms with Gasteiger partial charge in [-0.3, -0.25) is 4.57 Å². The SMILES string of the molecule is O=C(Oc1c(F)c(F)c(F)c(F)c1F)c1ccc2ccc(CP(=O)(O)O)cc2c1. The van der Waals surface area contributed by atoms with Gasteiger partial charge in [0.25, 0.3) is 0 Å².